The lowest BCUT2D eigenvalue weighted by atomic mass is 10.9. The second-order valence-corrected chi connectivity index (χ2v) is 1.88. The molecule has 0 bridgehead atoms. The Labute approximate surface area is 61.5 Å². The van der Waals surface area contributed by atoms with Crippen LogP contribution in [0.1, 0.15) is 0 Å². The molecule has 0 radical (unpaired) electrons. The molecule has 0 aliphatic heterocycles. The van der Waals surface area contributed by atoms with Gasteiger partial charge in [-0.25, -0.2) is 4.79 Å². The first-order valence-corrected chi connectivity index (χ1v) is 2.92. The van der Waals surface area contributed by atoms with Crippen molar-refractivity contribution in [3.8, 4) is 0 Å². The number of rotatable bonds is 1. The number of H-pyrrole nitrogens is 1. The lowest BCUT2D eigenvalue weighted by Crippen LogP contribution is -2.14. The van der Waals surface area contributed by atoms with Gasteiger partial charge in [-0.2, -0.15) is 9.97 Å². The zero-order chi connectivity index (χ0) is 7.56. The van der Waals surface area contributed by atoms with Gasteiger partial charge in [0.25, 0.3) is 0 Å². The Morgan fingerprint density at radius 1 is 1.60 bits per heavy atom. The number of hydrogen-bond acceptors (Lipinski definition) is 4. The van der Waals surface area contributed by atoms with Gasteiger partial charge in [0.2, 0.25) is 11.2 Å². The van der Waals surface area contributed by atoms with Crippen LogP contribution in [0.2, 0.25) is 5.28 Å². The zero-order valence-corrected chi connectivity index (χ0v) is 5.94. The highest BCUT2D eigenvalue weighted by Gasteiger charge is 1.95. The van der Waals surface area contributed by atoms with E-state index in [0.29, 0.717) is 0 Å². The topological polar surface area (TPSA) is 70.7 Å². The predicted molar refractivity (Wildman–Crippen MR) is 37.2 cm³/mol. The van der Waals surface area contributed by atoms with E-state index in [2.05, 4.69) is 20.3 Å². The van der Waals surface area contributed by atoms with Crippen LogP contribution >= 0.6 is 11.6 Å². The van der Waals surface area contributed by atoms with E-state index in [1.54, 1.807) is 7.05 Å². The highest BCUT2D eigenvalue weighted by molar-refractivity contribution is 6.28. The molecule has 0 saturated heterocycles. The third-order valence-electron chi connectivity index (χ3n) is 0.845. The summed E-state index contributed by atoms with van der Waals surface area (Å²) < 4.78 is 0. The molecule has 0 spiro atoms. The molecule has 1 aromatic rings. The quantitative estimate of drug-likeness (QED) is 0.600. The molecular weight excluding hydrogens is 156 g/mol. The monoisotopic (exact) mass is 160 g/mol. The number of aromatic nitrogens is 3. The van der Waals surface area contributed by atoms with Crippen LogP contribution in [-0.4, -0.2) is 22.0 Å². The largest absolute Gasteiger partial charge is 0.357 e. The van der Waals surface area contributed by atoms with E-state index in [0.717, 1.165) is 0 Å². The average Bonchev–Trinajstić information content (AvgIpc) is 1.85. The number of nitrogens with zero attached hydrogens (tertiary/aromatic N) is 2. The molecule has 54 valence electrons. The summed E-state index contributed by atoms with van der Waals surface area (Å²) in [7, 11) is 1.60. The van der Waals surface area contributed by atoms with Gasteiger partial charge < -0.3 is 5.32 Å². The smallest absolute Gasteiger partial charge is 0.350 e. The first-order chi connectivity index (χ1) is 4.72. The van der Waals surface area contributed by atoms with Crippen molar-refractivity contribution in [1.29, 1.82) is 0 Å². The van der Waals surface area contributed by atoms with Gasteiger partial charge in [0.1, 0.15) is 0 Å². The second-order valence-electron chi connectivity index (χ2n) is 1.52. The summed E-state index contributed by atoms with van der Waals surface area (Å²) in [5.74, 6) is 0.216. The fourth-order valence-corrected chi connectivity index (χ4v) is 0.631. The lowest BCUT2D eigenvalue weighted by Gasteiger charge is -1.94. The van der Waals surface area contributed by atoms with Gasteiger partial charge in [-0.3, -0.25) is 4.98 Å². The maximum atomic E-state index is 10.5. The van der Waals surface area contributed by atoms with Crippen LogP contribution < -0.4 is 11.0 Å². The van der Waals surface area contributed by atoms with Crippen molar-refractivity contribution < 1.29 is 0 Å². The standard InChI is InChI=1S/C4H5ClN4O/c1-6-3-7-2(5)8-4(10)9-3/h1H3,(H2,6,7,8,9,10). The minimum absolute atomic E-state index is 0.0318. The highest BCUT2D eigenvalue weighted by Crippen LogP contribution is 1.97. The van der Waals surface area contributed by atoms with Crippen LogP contribution in [0.5, 0.6) is 0 Å². The number of nitrogens with one attached hydrogen (secondary N) is 2. The van der Waals surface area contributed by atoms with Crippen LogP contribution in [0, 0.1) is 0 Å². The number of anilines is 1. The Bertz CT molecular complexity index is 283. The van der Waals surface area contributed by atoms with Crippen molar-refractivity contribution in [2.45, 2.75) is 0 Å². The number of hydrogen-bond donors (Lipinski definition) is 2. The van der Waals surface area contributed by atoms with Crippen molar-refractivity contribution in [3.05, 3.63) is 15.8 Å². The predicted octanol–water partition coefficient (Wildman–Crippen LogP) is -0.140. The van der Waals surface area contributed by atoms with Gasteiger partial charge in [-0.05, 0) is 11.6 Å². The van der Waals surface area contributed by atoms with Crippen LogP contribution in [0.4, 0.5) is 5.95 Å². The van der Waals surface area contributed by atoms with E-state index in [1.165, 1.54) is 0 Å². The molecule has 5 nitrogen and oxygen atoms in total. The Morgan fingerprint density at radius 3 is 2.80 bits per heavy atom. The molecule has 0 aliphatic rings. The molecule has 10 heavy (non-hydrogen) atoms. The first-order valence-electron chi connectivity index (χ1n) is 2.54. The molecule has 0 aromatic carbocycles. The normalized spacial score (nSPS) is 9.40. The molecule has 1 heterocycles. The van der Waals surface area contributed by atoms with E-state index >= 15 is 0 Å². The molecule has 2 N–H and O–H groups in total. The van der Waals surface area contributed by atoms with E-state index in [4.69, 9.17) is 11.6 Å². The van der Waals surface area contributed by atoms with E-state index in [9.17, 15) is 4.79 Å². The summed E-state index contributed by atoms with van der Waals surface area (Å²) in [4.78, 5) is 19.8. The number of halogens is 1. The summed E-state index contributed by atoms with van der Waals surface area (Å²) in [6.45, 7) is 0. The Hall–Kier alpha value is -1.10. The van der Waals surface area contributed by atoms with E-state index in [1.807, 2.05) is 0 Å². The fourth-order valence-electron chi connectivity index (χ4n) is 0.470. The molecular formula is C4H5ClN4O. The Balaban J connectivity index is 3.19. The fraction of sp³-hybridized carbons (Fsp3) is 0.250. The van der Waals surface area contributed by atoms with Crippen LogP contribution in [-0.2, 0) is 0 Å². The lowest BCUT2D eigenvalue weighted by molar-refractivity contribution is 0.988. The van der Waals surface area contributed by atoms with Crippen LogP contribution in [0.25, 0.3) is 0 Å². The Morgan fingerprint density at radius 2 is 2.30 bits per heavy atom. The van der Waals surface area contributed by atoms with Crippen LogP contribution in [0.15, 0.2) is 4.79 Å². The summed E-state index contributed by atoms with van der Waals surface area (Å²) in [5.41, 5.74) is -0.510. The molecule has 0 amide bonds. The SMILES string of the molecule is CNc1nc(Cl)[nH]c(=O)n1. The minimum atomic E-state index is -0.510. The maximum absolute atomic E-state index is 10.5. The second kappa shape index (κ2) is 2.66. The molecule has 6 heteroatoms. The summed E-state index contributed by atoms with van der Waals surface area (Å²) >= 11 is 5.38. The van der Waals surface area contributed by atoms with Gasteiger partial charge >= 0.3 is 5.69 Å². The number of aromatic amines is 1. The van der Waals surface area contributed by atoms with Crippen molar-refractivity contribution in [3.63, 3.8) is 0 Å². The van der Waals surface area contributed by atoms with Crippen molar-refractivity contribution in [1.82, 2.24) is 15.0 Å². The van der Waals surface area contributed by atoms with E-state index < -0.39 is 5.69 Å². The summed E-state index contributed by atoms with van der Waals surface area (Å²) in [5, 5.41) is 2.61. The van der Waals surface area contributed by atoms with Gasteiger partial charge in [-0.1, -0.05) is 0 Å². The van der Waals surface area contributed by atoms with Gasteiger partial charge in [-0.15, -0.1) is 0 Å². The highest BCUT2D eigenvalue weighted by atomic mass is 35.5. The third-order valence-corrected chi connectivity index (χ3v) is 1.02. The molecule has 0 unspecified atom stereocenters. The molecule has 1 rings (SSSR count). The van der Waals surface area contributed by atoms with Gasteiger partial charge in [0.15, 0.2) is 0 Å². The zero-order valence-electron chi connectivity index (χ0n) is 5.18. The van der Waals surface area contributed by atoms with Crippen molar-refractivity contribution >= 4 is 17.5 Å². The molecule has 1 aromatic heterocycles. The van der Waals surface area contributed by atoms with Crippen molar-refractivity contribution in [2.24, 2.45) is 0 Å². The van der Waals surface area contributed by atoms with E-state index in [-0.39, 0.29) is 11.2 Å². The molecule has 0 atom stereocenters. The summed E-state index contributed by atoms with van der Waals surface area (Å²) in [6, 6.07) is 0. The minimum Gasteiger partial charge on any atom is -0.357 e. The first kappa shape index (κ1) is 7.01. The van der Waals surface area contributed by atoms with Crippen molar-refractivity contribution in [2.75, 3.05) is 12.4 Å². The molecule has 0 saturated carbocycles. The maximum Gasteiger partial charge on any atom is 0.350 e. The van der Waals surface area contributed by atoms with Gasteiger partial charge in [0, 0.05) is 7.05 Å². The molecule has 0 aliphatic carbocycles. The third kappa shape index (κ3) is 1.44. The molecule has 0 fully saturated rings. The Kier molecular flexibility index (Phi) is 1.86. The van der Waals surface area contributed by atoms with Crippen LogP contribution in [0.3, 0.4) is 0 Å². The summed E-state index contributed by atoms with van der Waals surface area (Å²) in [6.07, 6.45) is 0. The average molecular weight is 161 g/mol. The van der Waals surface area contributed by atoms with Gasteiger partial charge in [0.05, 0.1) is 0 Å².